The van der Waals surface area contributed by atoms with Crippen LogP contribution in [-0.4, -0.2) is 30.8 Å². The average Bonchev–Trinajstić information content (AvgIpc) is 2.80. The molecule has 0 aliphatic heterocycles. The molecule has 0 fully saturated rings. The highest BCUT2D eigenvalue weighted by Gasteiger charge is 2.20. The third kappa shape index (κ3) is 5.23. The van der Waals surface area contributed by atoms with Crippen LogP contribution in [0.4, 0.5) is 0 Å². The fraction of sp³-hybridized carbons (Fsp3) is 0.308. The van der Waals surface area contributed by atoms with Crippen molar-refractivity contribution in [1.29, 1.82) is 0 Å². The number of carbonyl (C=O) groups is 3. The summed E-state index contributed by atoms with van der Waals surface area (Å²) in [6.07, 6.45) is 2.73. The fourth-order valence-electron chi connectivity index (χ4n) is 1.50. The Morgan fingerprint density at radius 3 is 2.65 bits per heavy atom. The number of thiophene rings is 1. The van der Waals surface area contributed by atoms with Crippen LogP contribution in [0.1, 0.15) is 16.9 Å². The van der Waals surface area contributed by atoms with Gasteiger partial charge in [0.05, 0.1) is 6.42 Å². The Hall–Kier alpha value is -2.15. The number of nitrogens with one attached hydrogen (secondary N) is 2. The number of aryl methyl sites for hydroxylation is 1. The van der Waals surface area contributed by atoms with Crippen LogP contribution < -0.4 is 16.4 Å². The highest BCUT2D eigenvalue weighted by atomic mass is 32.1. The van der Waals surface area contributed by atoms with Gasteiger partial charge in [0, 0.05) is 18.0 Å². The van der Waals surface area contributed by atoms with Crippen LogP contribution >= 0.6 is 11.3 Å². The van der Waals surface area contributed by atoms with Crippen LogP contribution in [0.15, 0.2) is 17.5 Å². The van der Waals surface area contributed by atoms with Crippen molar-refractivity contribution in [3.8, 4) is 0 Å². The molecule has 0 saturated carbocycles. The predicted molar refractivity (Wildman–Crippen MR) is 77.9 cm³/mol. The molecule has 0 aliphatic carbocycles. The zero-order valence-corrected chi connectivity index (χ0v) is 12.1. The summed E-state index contributed by atoms with van der Waals surface area (Å²) in [5, 5.41) is 6.78. The van der Waals surface area contributed by atoms with Crippen molar-refractivity contribution in [3.05, 3.63) is 28.0 Å². The smallest absolute Gasteiger partial charge is 0.244 e. The van der Waals surface area contributed by atoms with Crippen molar-refractivity contribution >= 4 is 35.1 Å². The number of hydrogen-bond donors (Lipinski definition) is 3. The molecule has 3 amide bonds. The van der Waals surface area contributed by atoms with E-state index >= 15 is 0 Å². The Morgan fingerprint density at radius 1 is 1.45 bits per heavy atom. The maximum absolute atomic E-state index is 11.7. The minimum absolute atomic E-state index is 0.239. The van der Waals surface area contributed by atoms with Gasteiger partial charge in [0.25, 0.3) is 0 Å². The third-order valence-corrected chi connectivity index (χ3v) is 3.45. The van der Waals surface area contributed by atoms with Crippen molar-refractivity contribution in [2.24, 2.45) is 5.73 Å². The van der Waals surface area contributed by atoms with Gasteiger partial charge in [-0.25, -0.2) is 0 Å². The summed E-state index contributed by atoms with van der Waals surface area (Å²) in [4.78, 5) is 35.0. The first-order valence-corrected chi connectivity index (χ1v) is 6.84. The van der Waals surface area contributed by atoms with Gasteiger partial charge in [-0.1, -0.05) is 0 Å². The number of primary amides is 1. The molecule has 1 atom stereocenters. The monoisotopic (exact) mass is 295 g/mol. The molecule has 108 valence electrons. The molecule has 0 aromatic carbocycles. The van der Waals surface area contributed by atoms with E-state index in [0.29, 0.717) is 0 Å². The molecule has 0 aliphatic rings. The molecule has 4 N–H and O–H groups in total. The molecule has 6 nitrogen and oxygen atoms in total. The minimum atomic E-state index is -0.959. The number of carbonyl (C=O) groups excluding carboxylic acids is 3. The molecule has 0 unspecified atom stereocenters. The molecule has 0 saturated heterocycles. The number of hydrogen-bond acceptors (Lipinski definition) is 4. The molecular formula is C13H17N3O3S. The second-order valence-electron chi connectivity index (χ2n) is 4.21. The Bertz CT molecular complexity index is 537. The van der Waals surface area contributed by atoms with Gasteiger partial charge >= 0.3 is 0 Å². The standard InChI is InChI=1S/C13H17N3O3S/c1-8-5-9(20-7-8)3-4-12(18)16-10(6-11(14)17)13(19)15-2/h3-5,7,10H,6H2,1-2H3,(H2,14,17)(H,15,19)(H,16,18)/b4-3+/t10-/m0/s1. The van der Waals surface area contributed by atoms with Crippen LogP contribution in [0.5, 0.6) is 0 Å². The van der Waals surface area contributed by atoms with E-state index < -0.39 is 23.8 Å². The Labute approximate surface area is 121 Å². The Kier molecular flexibility index (Phi) is 5.92. The lowest BCUT2D eigenvalue weighted by molar-refractivity contribution is -0.129. The quantitative estimate of drug-likeness (QED) is 0.652. The van der Waals surface area contributed by atoms with Crippen LogP contribution in [0.3, 0.4) is 0 Å². The number of likely N-dealkylation sites (N-methyl/N-ethyl adjacent to an activating group) is 1. The SMILES string of the molecule is CNC(=O)[C@H](CC(N)=O)NC(=O)/C=C/c1cc(C)cs1. The van der Waals surface area contributed by atoms with Gasteiger partial charge in [0.2, 0.25) is 17.7 Å². The summed E-state index contributed by atoms with van der Waals surface area (Å²) in [5.74, 6) is -1.57. The third-order valence-electron chi connectivity index (χ3n) is 2.43. The van der Waals surface area contributed by atoms with Crippen molar-refractivity contribution in [2.45, 2.75) is 19.4 Å². The lowest BCUT2D eigenvalue weighted by Crippen LogP contribution is -2.47. The topological polar surface area (TPSA) is 101 Å². The maximum atomic E-state index is 11.7. The van der Waals surface area contributed by atoms with Gasteiger partial charge in [-0.3, -0.25) is 14.4 Å². The second kappa shape index (κ2) is 7.44. The second-order valence-corrected chi connectivity index (χ2v) is 5.15. The number of nitrogens with two attached hydrogens (primary N) is 1. The molecule has 7 heteroatoms. The van der Waals surface area contributed by atoms with Gasteiger partial charge in [-0.15, -0.1) is 11.3 Å². The van der Waals surface area contributed by atoms with E-state index in [0.717, 1.165) is 10.4 Å². The number of rotatable bonds is 6. The molecule has 1 aromatic rings. The molecule has 0 radical (unpaired) electrons. The van der Waals surface area contributed by atoms with Crippen molar-refractivity contribution in [2.75, 3.05) is 7.05 Å². The average molecular weight is 295 g/mol. The summed E-state index contributed by atoms with van der Waals surface area (Å²) in [6.45, 7) is 1.96. The van der Waals surface area contributed by atoms with E-state index in [1.54, 1.807) is 6.08 Å². The normalized spacial score (nSPS) is 12.1. The van der Waals surface area contributed by atoms with Crippen molar-refractivity contribution in [1.82, 2.24) is 10.6 Å². The summed E-state index contributed by atoms with van der Waals surface area (Å²) >= 11 is 1.51. The van der Waals surface area contributed by atoms with Crippen LogP contribution in [0.25, 0.3) is 6.08 Å². The molecule has 1 heterocycles. The molecule has 20 heavy (non-hydrogen) atoms. The molecular weight excluding hydrogens is 278 g/mol. The van der Waals surface area contributed by atoms with E-state index in [-0.39, 0.29) is 6.42 Å². The zero-order chi connectivity index (χ0) is 15.1. The lowest BCUT2D eigenvalue weighted by Gasteiger charge is -2.14. The first-order chi connectivity index (χ1) is 9.42. The van der Waals surface area contributed by atoms with Gasteiger partial charge in [0.1, 0.15) is 6.04 Å². The van der Waals surface area contributed by atoms with Crippen molar-refractivity contribution in [3.63, 3.8) is 0 Å². The van der Waals surface area contributed by atoms with Gasteiger partial charge in [0.15, 0.2) is 0 Å². The minimum Gasteiger partial charge on any atom is -0.370 e. The Morgan fingerprint density at radius 2 is 2.15 bits per heavy atom. The van der Waals surface area contributed by atoms with E-state index in [1.165, 1.54) is 24.5 Å². The summed E-state index contributed by atoms with van der Waals surface area (Å²) < 4.78 is 0. The molecule has 0 spiro atoms. The molecule has 1 aromatic heterocycles. The first-order valence-electron chi connectivity index (χ1n) is 5.96. The summed E-state index contributed by atoms with van der Waals surface area (Å²) in [7, 11) is 1.42. The largest absolute Gasteiger partial charge is 0.370 e. The highest BCUT2D eigenvalue weighted by Crippen LogP contribution is 2.14. The zero-order valence-electron chi connectivity index (χ0n) is 11.3. The van der Waals surface area contributed by atoms with Gasteiger partial charge in [-0.05, 0) is 30.0 Å². The first kappa shape index (κ1) is 15.9. The van der Waals surface area contributed by atoms with Crippen LogP contribution in [0, 0.1) is 6.92 Å². The van der Waals surface area contributed by atoms with E-state index in [1.807, 2.05) is 18.4 Å². The van der Waals surface area contributed by atoms with E-state index in [4.69, 9.17) is 5.73 Å². The van der Waals surface area contributed by atoms with Crippen molar-refractivity contribution < 1.29 is 14.4 Å². The predicted octanol–water partition coefficient (Wildman–Crippen LogP) is 0.176. The van der Waals surface area contributed by atoms with E-state index in [2.05, 4.69) is 10.6 Å². The number of amides is 3. The fourth-order valence-corrected chi connectivity index (χ4v) is 2.29. The summed E-state index contributed by atoms with van der Waals surface area (Å²) in [5.41, 5.74) is 6.16. The van der Waals surface area contributed by atoms with E-state index in [9.17, 15) is 14.4 Å². The Balaban J connectivity index is 2.63. The van der Waals surface area contributed by atoms with Gasteiger partial charge < -0.3 is 16.4 Å². The highest BCUT2D eigenvalue weighted by molar-refractivity contribution is 7.11. The maximum Gasteiger partial charge on any atom is 0.244 e. The molecule has 1 rings (SSSR count). The van der Waals surface area contributed by atoms with Crippen LogP contribution in [0.2, 0.25) is 0 Å². The summed E-state index contributed by atoms with van der Waals surface area (Å²) in [6, 6.07) is 0.980. The lowest BCUT2D eigenvalue weighted by atomic mass is 10.2. The van der Waals surface area contributed by atoms with Gasteiger partial charge in [-0.2, -0.15) is 0 Å². The molecule has 0 bridgehead atoms. The van der Waals surface area contributed by atoms with Crippen LogP contribution in [-0.2, 0) is 14.4 Å².